The monoisotopic (exact) mass is 599 g/mol. The number of nitrogens with zero attached hydrogens (tertiary/aromatic N) is 2. The van der Waals surface area contributed by atoms with Gasteiger partial charge in [0.25, 0.3) is 0 Å². The second-order valence-corrected chi connectivity index (χ2v) is 14.3. The number of Topliss-reactive ketones (excluding diaryl/α,β-unsaturated/α-hetero) is 1. The minimum Gasteiger partial charge on any atom is -0.496 e. The standard InChI is InChI=1S/C30H37N3O8S/c1-6-18-15-30(18,27(35)32-42(37,38)20-10-11-20)16-24(34)23-14-19(17-33(23)28(36)41-29(2,3)4)40-26-22-8-7-9-25(39-5)21(22)12-13-31-26/h6-9,12-13,18-20,23H,1,10-11,14-17H2,2-5H3,(H,32,35)/t18-,19?,23?,30-/m1/s1. The number of methoxy groups -OCH3 is 1. The summed E-state index contributed by atoms with van der Waals surface area (Å²) in [5.41, 5.74) is -2.03. The van der Waals surface area contributed by atoms with E-state index >= 15 is 0 Å². The van der Waals surface area contributed by atoms with Gasteiger partial charge >= 0.3 is 6.09 Å². The van der Waals surface area contributed by atoms with Crippen LogP contribution in [0.5, 0.6) is 11.6 Å². The molecule has 5 rings (SSSR count). The lowest BCUT2D eigenvalue weighted by Crippen LogP contribution is -2.46. The maximum absolute atomic E-state index is 13.9. The van der Waals surface area contributed by atoms with Crippen molar-refractivity contribution in [3.63, 3.8) is 0 Å². The number of hydrogen-bond acceptors (Lipinski definition) is 9. The molecule has 1 aliphatic heterocycles. The summed E-state index contributed by atoms with van der Waals surface area (Å²) >= 11 is 0. The van der Waals surface area contributed by atoms with Crippen molar-refractivity contribution in [2.75, 3.05) is 13.7 Å². The fourth-order valence-electron chi connectivity index (χ4n) is 5.60. The Labute approximate surface area is 245 Å². The molecule has 0 radical (unpaired) electrons. The highest BCUT2D eigenvalue weighted by Crippen LogP contribution is 2.57. The number of rotatable bonds is 10. The second kappa shape index (κ2) is 10.9. The van der Waals surface area contributed by atoms with E-state index in [1.165, 1.54) is 4.90 Å². The summed E-state index contributed by atoms with van der Waals surface area (Å²) in [6.07, 6.45) is 3.13. The van der Waals surface area contributed by atoms with Crippen molar-refractivity contribution >= 4 is 38.6 Å². The molecule has 0 bridgehead atoms. The van der Waals surface area contributed by atoms with Crippen LogP contribution in [0.15, 0.2) is 43.1 Å². The van der Waals surface area contributed by atoms with Crippen molar-refractivity contribution in [2.24, 2.45) is 11.3 Å². The molecule has 226 valence electrons. The van der Waals surface area contributed by atoms with Gasteiger partial charge < -0.3 is 14.2 Å². The van der Waals surface area contributed by atoms with E-state index in [-0.39, 0.29) is 31.1 Å². The molecule has 11 nitrogen and oxygen atoms in total. The zero-order valence-electron chi connectivity index (χ0n) is 24.3. The van der Waals surface area contributed by atoms with Gasteiger partial charge in [0, 0.05) is 29.8 Å². The highest BCUT2D eigenvalue weighted by molar-refractivity contribution is 7.90. The zero-order valence-corrected chi connectivity index (χ0v) is 25.1. The van der Waals surface area contributed by atoms with E-state index in [0.29, 0.717) is 30.9 Å². The van der Waals surface area contributed by atoms with E-state index in [1.54, 1.807) is 40.2 Å². The third-order valence-corrected chi connectivity index (χ3v) is 9.87. The number of amides is 2. The number of sulfonamides is 1. The summed E-state index contributed by atoms with van der Waals surface area (Å²) in [6, 6.07) is 6.38. The molecular formula is C30H37N3O8S. The molecule has 12 heteroatoms. The number of ether oxygens (including phenoxy) is 3. The van der Waals surface area contributed by atoms with Crippen LogP contribution in [-0.4, -0.2) is 72.7 Å². The Hall–Kier alpha value is -3.67. The quantitative estimate of drug-likeness (QED) is 0.404. The number of carbonyl (C=O) groups is 3. The Morgan fingerprint density at radius 1 is 1.19 bits per heavy atom. The highest BCUT2D eigenvalue weighted by atomic mass is 32.2. The van der Waals surface area contributed by atoms with Gasteiger partial charge in [0.15, 0.2) is 5.78 Å². The number of carbonyl (C=O) groups excluding carboxylic acids is 3. The summed E-state index contributed by atoms with van der Waals surface area (Å²) in [6.45, 7) is 9.03. The second-order valence-electron chi connectivity index (χ2n) is 12.3. The normalized spacial score (nSPS) is 25.5. The maximum atomic E-state index is 13.9. The van der Waals surface area contributed by atoms with E-state index in [0.717, 1.165) is 10.8 Å². The molecule has 1 aromatic carbocycles. The minimum atomic E-state index is -3.79. The van der Waals surface area contributed by atoms with Gasteiger partial charge in [-0.2, -0.15) is 0 Å². The number of ketones is 1. The molecule has 4 atom stereocenters. The zero-order chi connectivity index (χ0) is 30.4. The molecule has 3 fully saturated rings. The predicted octanol–water partition coefficient (Wildman–Crippen LogP) is 3.76. The lowest BCUT2D eigenvalue weighted by atomic mass is 9.91. The largest absolute Gasteiger partial charge is 0.496 e. The molecule has 2 heterocycles. The number of likely N-dealkylation sites (tertiary alicyclic amines) is 1. The summed E-state index contributed by atoms with van der Waals surface area (Å²) in [4.78, 5) is 46.1. The van der Waals surface area contributed by atoms with Crippen LogP contribution in [0.3, 0.4) is 0 Å². The Morgan fingerprint density at radius 3 is 2.55 bits per heavy atom. The van der Waals surface area contributed by atoms with Gasteiger partial charge in [-0.15, -0.1) is 6.58 Å². The Bertz CT molecular complexity index is 1530. The minimum absolute atomic E-state index is 0.0630. The summed E-state index contributed by atoms with van der Waals surface area (Å²) in [5.74, 6) is -0.431. The average Bonchev–Trinajstić information content (AvgIpc) is 3.84. The van der Waals surface area contributed by atoms with Crippen LogP contribution < -0.4 is 14.2 Å². The van der Waals surface area contributed by atoms with E-state index in [1.807, 2.05) is 24.3 Å². The number of allylic oxidation sites excluding steroid dienone is 1. The van der Waals surface area contributed by atoms with E-state index < -0.39 is 50.4 Å². The number of nitrogens with one attached hydrogen (secondary N) is 1. The third kappa shape index (κ3) is 5.95. The van der Waals surface area contributed by atoms with Crippen molar-refractivity contribution in [2.45, 2.75) is 75.9 Å². The number of pyridine rings is 1. The van der Waals surface area contributed by atoms with Gasteiger partial charge in [0.05, 0.1) is 30.4 Å². The van der Waals surface area contributed by atoms with Gasteiger partial charge in [-0.25, -0.2) is 18.2 Å². The van der Waals surface area contributed by atoms with Gasteiger partial charge in [0.2, 0.25) is 21.8 Å². The van der Waals surface area contributed by atoms with Crippen molar-refractivity contribution in [1.29, 1.82) is 0 Å². The Kier molecular flexibility index (Phi) is 7.71. The molecule has 42 heavy (non-hydrogen) atoms. The molecule has 1 saturated heterocycles. The molecule has 2 unspecified atom stereocenters. The highest BCUT2D eigenvalue weighted by Gasteiger charge is 2.61. The van der Waals surface area contributed by atoms with Crippen LogP contribution in [0, 0.1) is 11.3 Å². The summed E-state index contributed by atoms with van der Waals surface area (Å²) in [5, 5.41) is 0.945. The molecule has 0 spiro atoms. The molecule has 1 aromatic heterocycles. The topological polar surface area (TPSA) is 141 Å². The first-order chi connectivity index (χ1) is 19.8. The number of fused-ring (bicyclic) bond motifs is 1. The maximum Gasteiger partial charge on any atom is 0.411 e. The van der Waals surface area contributed by atoms with Crippen molar-refractivity contribution in [3.05, 3.63) is 43.1 Å². The van der Waals surface area contributed by atoms with E-state index in [9.17, 15) is 22.8 Å². The van der Waals surface area contributed by atoms with Crippen LogP contribution in [0.4, 0.5) is 4.79 Å². The summed E-state index contributed by atoms with van der Waals surface area (Å²) in [7, 11) is -2.22. The number of benzene rings is 1. The first-order valence-electron chi connectivity index (χ1n) is 14.1. The molecule has 1 N–H and O–H groups in total. The number of hydrogen-bond donors (Lipinski definition) is 1. The van der Waals surface area contributed by atoms with Crippen LogP contribution >= 0.6 is 0 Å². The van der Waals surface area contributed by atoms with Gasteiger partial charge in [-0.1, -0.05) is 12.1 Å². The van der Waals surface area contributed by atoms with Crippen LogP contribution in [-0.2, 0) is 24.3 Å². The van der Waals surface area contributed by atoms with Crippen LogP contribution in [0.25, 0.3) is 10.8 Å². The third-order valence-electron chi connectivity index (χ3n) is 8.05. The van der Waals surface area contributed by atoms with Gasteiger partial charge in [0.1, 0.15) is 17.5 Å². The smallest absolute Gasteiger partial charge is 0.411 e. The average molecular weight is 600 g/mol. The Balaban J connectivity index is 1.38. The van der Waals surface area contributed by atoms with Crippen LogP contribution in [0.2, 0.25) is 0 Å². The van der Waals surface area contributed by atoms with E-state index in [2.05, 4.69) is 16.3 Å². The Morgan fingerprint density at radius 2 is 1.93 bits per heavy atom. The molecule has 2 aliphatic carbocycles. The van der Waals surface area contributed by atoms with Gasteiger partial charge in [-0.05, 0) is 64.2 Å². The molecule has 2 aromatic rings. The SMILES string of the molecule is C=C[C@@H]1C[C@]1(CC(=O)C1CC(Oc2nccc3c(OC)cccc23)CN1C(=O)OC(C)(C)C)C(=O)NS(=O)(=O)C1CC1. The number of aromatic nitrogens is 1. The first kappa shape index (κ1) is 29.8. The molecule has 2 saturated carbocycles. The van der Waals surface area contributed by atoms with Crippen molar-refractivity contribution < 1.29 is 37.0 Å². The van der Waals surface area contributed by atoms with Crippen molar-refractivity contribution in [1.82, 2.24) is 14.6 Å². The lowest BCUT2D eigenvalue weighted by molar-refractivity contribution is -0.131. The lowest BCUT2D eigenvalue weighted by Gasteiger charge is -2.28. The fourth-order valence-corrected chi connectivity index (χ4v) is 6.98. The first-order valence-corrected chi connectivity index (χ1v) is 15.6. The van der Waals surface area contributed by atoms with Crippen molar-refractivity contribution in [3.8, 4) is 11.6 Å². The molecule has 2 amide bonds. The van der Waals surface area contributed by atoms with E-state index in [4.69, 9.17) is 14.2 Å². The van der Waals surface area contributed by atoms with Gasteiger partial charge in [-0.3, -0.25) is 19.2 Å². The van der Waals surface area contributed by atoms with Crippen LogP contribution in [0.1, 0.15) is 52.9 Å². The summed E-state index contributed by atoms with van der Waals surface area (Å²) < 4.78 is 44.5. The molecular weight excluding hydrogens is 562 g/mol. The fraction of sp³-hybridized carbons (Fsp3) is 0.533. The predicted molar refractivity (Wildman–Crippen MR) is 155 cm³/mol. The molecule has 3 aliphatic rings.